The molecule has 0 aliphatic carbocycles. The SMILES string of the molecule is COc1ccnc(NNC(=O)Cc2c(C)nn(-c3ccc(F)cc3)c2C)n1. The van der Waals surface area contributed by atoms with Crippen LogP contribution in [0.4, 0.5) is 10.3 Å². The van der Waals surface area contributed by atoms with E-state index in [0.29, 0.717) is 5.88 Å². The van der Waals surface area contributed by atoms with Crippen molar-refractivity contribution < 1.29 is 13.9 Å². The Morgan fingerprint density at radius 1 is 1.22 bits per heavy atom. The Labute approximate surface area is 155 Å². The summed E-state index contributed by atoms with van der Waals surface area (Å²) in [6, 6.07) is 7.62. The number of hydrogen-bond donors (Lipinski definition) is 2. The van der Waals surface area contributed by atoms with Crippen LogP contribution in [-0.4, -0.2) is 32.8 Å². The van der Waals surface area contributed by atoms with E-state index in [1.165, 1.54) is 25.4 Å². The molecule has 2 aromatic heterocycles. The number of aromatic nitrogens is 4. The van der Waals surface area contributed by atoms with Crippen molar-refractivity contribution in [3.05, 3.63) is 59.3 Å². The van der Waals surface area contributed by atoms with Gasteiger partial charge >= 0.3 is 0 Å². The number of rotatable bonds is 6. The molecular weight excluding hydrogens is 351 g/mol. The average Bonchev–Trinajstić information content (AvgIpc) is 2.95. The second-order valence-corrected chi connectivity index (χ2v) is 5.81. The number of benzene rings is 1. The molecule has 0 fully saturated rings. The first kappa shape index (κ1) is 18.3. The highest BCUT2D eigenvalue weighted by atomic mass is 19.1. The summed E-state index contributed by atoms with van der Waals surface area (Å²) in [6.07, 6.45) is 1.64. The standard InChI is InChI=1S/C18H19FN6O2/c1-11-15(12(2)25(24-11)14-6-4-13(19)5-7-14)10-16(26)22-23-18-20-9-8-17(21-18)27-3/h4-9H,10H2,1-3H3,(H,22,26)(H,20,21,23). The van der Waals surface area contributed by atoms with Crippen molar-refractivity contribution in [3.63, 3.8) is 0 Å². The van der Waals surface area contributed by atoms with Crippen molar-refractivity contribution in [2.45, 2.75) is 20.3 Å². The van der Waals surface area contributed by atoms with Gasteiger partial charge in [-0.25, -0.2) is 14.1 Å². The van der Waals surface area contributed by atoms with Crippen molar-refractivity contribution in [1.82, 2.24) is 25.2 Å². The molecule has 0 saturated heterocycles. The molecular formula is C18H19FN6O2. The number of hydrazine groups is 1. The maximum absolute atomic E-state index is 13.1. The Morgan fingerprint density at radius 3 is 2.67 bits per heavy atom. The molecule has 1 amide bonds. The van der Waals surface area contributed by atoms with Gasteiger partial charge in [0, 0.05) is 23.5 Å². The molecule has 27 heavy (non-hydrogen) atoms. The zero-order valence-corrected chi connectivity index (χ0v) is 15.2. The second kappa shape index (κ2) is 7.81. The number of methoxy groups -OCH3 is 1. The Morgan fingerprint density at radius 2 is 1.96 bits per heavy atom. The summed E-state index contributed by atoms with van der Waals surface area (Å²) in [4.78, 5) is 20.3. The number of hydrogen-bond acceptors (Lipinski definition) is 6. The van der Waals surface area contributed by atoms with Crippen molar-refractivity contribution >= 4 is 11.9 Å². The van der Waals surface area contributed by atoms with E-state index in [1.807, 2.05) is 13.8 Å². The first-order valence-electron chi connectivity index (χ1n) is 8.21. The lowest BCUT2D eigenvalue weighted by atomic mass is 10.1. The van der Waals surface area contributed by atoms with E-state index in [1.54, 1.807) is 22.9 Å². The summed E-state index contributed by atoms with van der Waals surface area (Å²) >= 11 is 0. The molecule has 1 aromatic carbocycles. The van der Waals surface area contributed by atoms with E-state index in [0.717, 1.165) is 22.6 Å². The number of amides is 1. The minimum Gasteiger partial charge on any atom is -0.481 e. The van der Waals surface area contributed by atoms with E-state index >= 15 is 0 Å². The molecule has 9 heteroatoms. The summed E-state index contributed by atoms with van der Waals surface area (Å²) < 4.78 is 19.8. The summed E-state index contributed by atoms with van der Waals surface area (Å²) in [5.74, 6) is 0.0177. The van der Waals surface area contributed by atoms with Crippen LogP contribution in [0.15, 0.2) is 36.5 Å². The lowest BCUT2D eigenvalue weighted by Crippen LogP contribution is -2.31. The smallest absolute Gasteiger partial charge is 0.245 e. The molecule has 3 rings (SSSR count). The number of anilines is 1. The van der Waals surface area contributed by atoms with Crippen LogP contribution in [0, 0.1) is 19.7 Å². The van der Waals surface area contributed by atoms with Gasteiger partial charge in [0.05, 0.1) is 24.9 Å². The first-order valence-corrected chi connectivity index (χ1v) is 8.21. The molecule has 0 radical (unpaired) electrons. The molecule has 0 unspecified atom stereocenters. The Kier molecular flexibility index (Phi) is 5.30. The van der Waals surface area contributed by atoms with Crippen molar-refractivity contribution in [1.29, 1.82) is 0 Å². The van der Waals surface area contributed by atoms with Crippen LogP contribution >= 0.6 is 0 Å². The second-order valence-electron chi connectivity index (χ2n) is 5.81. The number of ether oxygens (including phenoxy) is 1. The van der Waals surface area contributed by atoms with E-state index in [9.17, 15) is 9.18 Å². The largest absolute Gasteiger partial charge is 0.481 e. The minimum atomic E-state index is -0.314. The maximum Gasteiger partial charge on any atom is 0.245 e. The van der Waals surface area contributed by atoms with Crippen LogP contribution in [0.5, 0.6) is 5.88 Å². The van der Waals surface area contributed by atoms with Gasteiger partial charge in [-0.15, -0.1) is 0 Å². The lowest BCUT2D eigenvalue weighted by molar-refractivity contribution is -0.120. The van der Waals surface area contributed by atoms with Gasteiger partial charge in [-0.1, -0.05) is 0 Å². The topological polar surface area (TPSA) is 94.0 Å². The lowest BCUT2D eigenvalue weighted by Gasteiger charge is -2.08. The number of aryl methyl sites for hydroxylation is 1. The number of halogens is 1. The van der Waals surface area contributed by atoms with E-state index in [4.69, 9.17) is 4.74 Å². The van der Waals surface area contributed by atoms with Gasteiger partial charge in [-0.2, -0.15) is 10.1 Å². The molecule has 0 atom stereocenters. The van der Waals surface area contributed by atoms with Gasteiger partial charge in [0.25, 0.3) is 0 Å². The minimum absolute atomic E-state index is 0.121. The number of nitrogens with one attached hydrogen (secondary N) is 2. The van der Waals surface area contributed by atoms with E-state index in [-0.39, 0.29) is 24.1 Å². The summed E-state index contributed by atoms with van der Waals surface area (Å²) in [5.41, 5.74) is 8.27. The van der Waals surface area contributed by atoms with Crippen LogP contribution in [-0.2, 0) is 11.2 Å². The molecule has 2 heterocycles. The molecule has 0 spiro atoms. The van der Waals surface area contributed by atoms with Crippen molar-refractivity contribution in [3.8, 4) is 11.6 Å². The summed E-state index contributed by atoms with van der Waals surface area (Å²) in [6.45, 7) is 3.69. The highest BCUT2D eigenvalue weighted by molar-refractivity contribution is 5.80. The fourth-order valence-electron chi connectivity index (χ4n) is 2.61. The quantitative estimate of drug-likeness (QED) is 0.646. The summed E-state index contributed by atoms with van der Waals surface area (Å²) in [5, 5.41) is 4.46. The van der Waals surface area contributed by atoms with E-state index < -0.39 is 0 Å². The zero-order valence-electron chi connectivity index (χ0n) is 15.2. The summed E-state index contributed by atoms with van der Waals surface area (Å²) in [7, 11) is 1.50. The molecule has 3 aromatic rings. The van der Waals surface area contributed by atoms with Crippen LogP contribution in [0.3, 0.4) is 0 Å². The zero-order chi connectivity index (χ0) is 19.4. The molecule has 140 valence electrons. The van der Waals surface area contributed by atoms with Crippen molar-refractivity contribution in [2.75, 3.05) is 12.5 Å². The Balaban J connectivity index is 1.69. The number of carbonyl (C=O) groups is 1. The van der Waals surface area contributed by atoms with Gasteiger partial charge in [0.2, 0.25) is 17.7 Å². The van der Waals surface area contributed by atoms with Gasteiger partial charge in [0.1, 0.15) is 5.82 Å². The molecule has 2 N–H and O–H groups in total. The molecule has 8 nitrogen and oxygen atoms in total. The fraction of sp³-hybridized carbons (Fsp3) is 0.222. The Bertz CT molecular complexity index is 955. The molecule has 0 aliphatic rings. The monoisotopic (exact) mass is 370 g/mol. The maximum atomic E-state index is 13.1. The third-order valence-corrected chi connectivity index (χ3v) is 4.00. The fourth-order valence-corrected chi connectivity index (χ4v) is 2.61. The normalized spacial score (nSPS) is 10.5. The van der Waals surface area contributed by atoms with E-state index in [2.05, 4.69) is 25.9 Å². The third kappa shape index (κ3) is 4.20. The predicted molar refractivity (Wildman–Crippen MR) is 97.0 cm³/mol. The molecule has 0 aliphatic heterocycles. The van der Waals surface area contributed by atoms with Gasteiger partial charge in [0.15, 0.2) is 0 Å². The number of nitrogens with zero attached hydrogens (tertiary/aromatic N) is 4. The number of carbonyl (C=O) groups excluding carboxylic acids is 1. The van der Waals surface area contributed by atoms with Crippen LogP contribution in [0.1, 0.15) is 17.0 Å². The predicted octanol–water partition coefficient (Wildman–Crippen LogP) is 2.11. The van der Waals surface area contributed by atoms with Crippen LogP contribution in [0.2, 0.25) is 0 Å². The van der Waals surface area contributed by atoms with Crippen LogP contribution < -0.4 is 15.6 Å². The Hall–Kier alpha value is -3.49. The van der Waals surface area contributed by atoms with Crippen LogP contribution in [0.25, 0.3) is 5.69 Å². The average molecular weight is 370 g/mol. The highest BCUT2D eigenvalue weighted by Crippen LogP contribution is 2.19. The van der Waals surface area contributed by atoms with Crippen molar-refractivity contribution in [2.24, 2.45) is 0 Å². The molecule has 0 saturated carbocycles. The van der Waals surface area contributed by atoms with Gasteiger partial charge in [-0.3, -0.25) is 15.6 Å². The van der Waals surface area contributed by atoms with Gasteiger partial charge < -0.3 is 4.74 Å². The highest BCUT2D eigenvalue weighted by Gasteiger charge is 2.16. The molecule has 0 bridgehead atoms. The third-order valence-electron chi connectivity index (χ3n) is 4.00. The van der Waals surface area contributed by atoms with Gasteiger partial charge in [-0.05, 0) is 38.1 Å². The first-order chi connectivity index (χ1) is 13.0.